The highest BCUT2D eigenvalue weighted by Gasteiger charge is 2.22. The zero-order valence-corrected chi connectivity index (χ0v) is 63.4. The number of carbonyl (C=O) groups is 6. The molecule has 0 aromatic rings. The molecule has 21 nitrogen and oxygen atoms in total. The Bertz CT molecular complexity index is 1710. The fourth-order valence-electron chi connectivity index (χ4n) is 10.2. The maximum atomic E-state index is 12.8. The molecule has 0 radical (unpaired) electrons. The number of ether oxygens (including phenoxy) is 8. The summed E-state index contributed by atoms with van der Waals surface area (Å²) in [4.78, 5) is 76.3. The van der Waals surface area contributed by atoms with Crippen molar-refractivity contribution in [2.75, 3.05) is 115 Å². The first-order valence-electron chi connectivity index (χ1n) is 37.9. The number of rotatable bonds is 76. The second-order valence-corrected chi connectivity index (χ2v) is 28.4. The third kappa shape index (κ3) is 67.3. The molecule has 0 aromatic carbocycles. The summed E-state index contributed by atoms with van der Waals surface area (Å²) in [6.45, 7) is 11.3. The van der Waals surface area contributed by atoms with E-state index in [4.69, 9.17) is 58.4 Å². The van der Waals surface area contributed by atoms with Gasteiger partial charge in [0.2, 0.25) is 11.8 Å². The third-order valence-electron chi connectivity index (χ3n) is 16.0. The van der Waals surface area contributed by atoms with Crippen molar-refractivity contribution in [3.05, 3.63) is 0 Å². The zero-order valence-electron chi connectivity index (χ0n) is 60.7. The number of amides is 2. The molecule has 566 valence electrons. The first kappa shape index (κ1) is 93.4. The highest BCUT2D eigenvalue weighted by molar-refractivity contribution is 7.99. The smallest absolute Gasteiger partial charge is 0.319 e. The van der Waals surface area contributed by atoms with Gasteiger partial charge in [0, 0.05) is 61.8 Å². The summed E-state index contributed by atoms with van der Waals surface area (Å²) in [5.74, 6) is -0.657. The zero-order chi connectivity index (χ0) is 70.3. The standard InChI is InChI=1S/C72H139N4O17PS2/c1-5-9-13-17-21-25-29-33-37-41-67(77)88-57-63(92-69(79)43-39-35-31-27-23-19-15-11-7-3)59-95-61-65(73)71(81)75-45-47-84-49-51-86-53-55-90-94(83)91-56-54-87-52-50-85-48-46-76-72(82)66(74)62-96-60-64(93-70(80)44-40-36-32-28-24-20-16-12-8-4)58-89-68(78)42-38-34-30-26-22-18-14-10-6-2/h63-66,94H,5-62,73-74H2,1-4H3,(H,75,81)(H,76,82)/t63-,64-,65+,66+/m1/s1. The lowest BCUT2D eigenvalue weighted by Gasteiger charge is -2.19. The van der Waals surface area contributed by atoms with Gasteiger partial charge in [-0.15, -0.1) is 0 Å². The Morgan fingerprint density at radius 3 is 0.875 bits per heavy atom. The first-order valence-corrected chi connectivity index (χ1v) is 41.4. The lowest BCUT2D eigenvalue weighted by molar-refractivity contribution is -0.157. The van der Waals surface area contributed by atoms with Gasteiger partial charge in [-0.1, -0.05) is 233 Å². The summed E-state index contributed by atoms with van der Waals surface area (Å²) in [6, 6.07) is -1.62. The van der Waals surface area contributed by atoms with Crippen molar-refractivity contribution < 1.29 is 80.3 Å². The second kappa shape index (κ2) is 73.6. The second-order valence-electron chi connectivity index (χ2n) is 25.2. The molecule has 24 heteroatoms. The predicted molar refractivity (Wildman–Crippen MR) is 390 cm³/mol. The number of esters is 4. The quantitative estimate of drug-likeness (QED) is 0.0190. The van der Waals surface area contributed by atoms with E-state index in [0.29, 0.717) is 37.2 Å². The van der Waals surface area contributed by atoms with E-state index in [2.05, 4.69) is 38.3 Å². The van der Waals surface area contributed by atoms with Gasteiger partial charge in [-0.3, -0.25) is 33.3 Å². The van der Waals surface area contributed by atoms with Crippen LogP contribution in [0.3, 0.4) is 0 Å². The number of nitrogens with two attached hydrogens (primary N) is 2. The summed E-state index contributed by atoms with van der Waals surface area (Å²) in [6.07, 6.45) is 41.4. The molecule has 0 aliphatic heterocycles. The average molecular weight is 1430 g/mol. The minimum atomic E-state index is -2.75. The van der Waals surface area contributed by atoms with E-state index >= 15 is 0 Å². The molecule has 0 unspecified atom stereocenters. The van der Waals surface area contributed by atoms with Gasteiger partial charge in [-0.2, -0.15) is 23.5 Å². The van der Waals surface area contributed by atoms with Crippen molar-refractivity contribution in [1.29, 1.82) is 0 Å². The summed E-state index contributed by atoms with van der Waals surface area (Å²) >= 11 is 2.74. The predicted octanol–water partition coefficient (Wildman–Crippen LogP) is 14.4. The van der Waals surface area contributed by atoms with Crippen LogP contribution >= 0.6 is 31.8 Å². The van der Waals surface area contributed by atoms with Crippen LogP contribution in [0.1, 0.15) is 285 Å². The summed E-state index contributed by atoms with van der Waals surface area (Å²) in [5.41, 5.74) is 12.4. The monoisotopic (exact) mass is 1430 g/mol. The molecule has 0 spiro atoms. The minimum absolute atomic E-state index is 0.0321. The van der Waals surface area contributed by atoms with Crippen LogP contribution < -0.4 is 22.1 Å². The van der Waals surface area contributed by atoms with Gasteiger partial charge in [0.25, 0.3) is 0 Å². The topological polar surface area (TPSA) is 288 Å². The largest absolute Gasteiger partial charge is 0.462 e. The van der Waals surface area contributed by atoms with Gasteiger partial charge in [0.15, 0.2) is 0 Å². The van der Waals surface area contributed by atoms with E-state index in [1.54, 1.807) is 0 Å². The Hall–Kier alpha value is -2.57. The number of nitrogens with one attached hydrogen (secondary N) is 2. The van der Waals surface area contributed by atoms with E-state index in [1.807, 2.05) is 0 Å². The highest BCUT2D eigenvalue weighted by atomic mass is 32.2. The van der Waals surface area contributed by atoms with Crippen LogP contribution in [0.4, 0.5) is 0 Å². The SMILES string of the molecule is CCCCCCCCCCCC(=O)OC[C@H](CSC[C@H](N)C(=O)NCCOCCOCCO[PH](=O)OCCOCCOCCNC(=O)[C@@H](N)CSC[C@@H](COC(=O)CCCCCCCCCCC)OC(=O)CCCCCCCCCCC)OC(=O)CCCCCCCCCCC. The molecule has 0 fully saturated rings. The van der Waals surface area contributed by atoms with Gasteiger partial charge in [-0.25, -0.2) is 0 Å². The van der Waals surface area contributed by atoms with E-state index in [1.165, 1.54) is 178 Å². The fraction of sp³-hybridized carbons (Fsp3) is 0.917. The van der Waals surface area contributed by atoms with Gasteiger partial charge in [0.05, 0.1) is 78.2 Å². The molecule has 0 aromatic heterocycles. The van der Waals surface area contributed by atoms with E-state index in [0.717, 1.165) is 77.0 Å². The van der Waals surface area contributed by atoms with Crippen molar-refractivity contribution in [1.82, 2.24) is 10.6 Å². The number of hydrogen-bond donors (Lipinski definition) is 4. The number of thioether (sulfide) groups is 2. The maximum Gasteiger partial charge on any atom is 0.319 e. The van der Waals surface area contributed by atoms with Crippen LogP contribution in [0, 0.1) is 0 Å². The fourth-order valence-corrected chi connectivity index (χ4v) is 12.7. The lowest BCUT2D eigenvalue weighted by atomic mass is 10.1. The van der Waals surface area contributed by atoms with E-state index in [9.17, 15) is 33.3 Å². The Morgan fingerprint density at radius 1 is 0.333 bits per heavy atom. The molecule has 0 saturated heterocycles. The van der Waals surface area contributed by atoms with Gasteiger partial charge < -0.3 is 69.0 Å². The van der Waals surface area contributed by atoms with Crippen LogP contribution in [0.2, 0.25) is 0 Å². The van der Waals surface area contributed by atoms with Gasteiger partial charge in [0.1, 0.15) is 25.4 Å². The molecule has 4 atom stereocenters. The maximum absolute atomic E-state index is 12.8. The van der Waals surface area contributed by atoms with Crippen LogP contribution in [0.15, 0.2) is 0 Å². The molecular weight excluding hydrogens is 1290 g/mol. The van der Waals surface area contributed by atoms with Crippen LogP contribution in [0.5, 0.6) is 0 Å². The van der Waals surface area contributed by atoms with Gasteiger partial charge in [-0.05, 0) is 25.7 Å². The van der Waals surface area contributed by atoms with E-state index < -0.39 is 32.5 Å². The first-order chi connectivity index (χ1) is 46.9. The van der Waals surface area contributed by atoms with Crippen molar-refractivity contribution in [2.24, 2.45) is 11.5 Å². The van der Waals surface area contributed by atoms with Gasteiger partial charge >= 0.3 is 32.1 Å². The Labute approximate surface area is 591 Å². The van der Waals surface area contributed by atoms with Crippen molar-refractivity contribution in [3.8, 4) is 0 Å². The van der Waals surface area contributed by atoms with E-state index in [-0.39, 0.29) is 140 Å². The molecule has 2 amide bonds. The molecule has 0 aliphatic carbocycles. The third-order valence-corrected chi connectivity index (χ3v) is 19.3. The molecular formula is C72H139N4O17PS2. The summed E-state index contributed by atoms with van der Waals surface area (Å²) in [5, 5.41) is 5.55. The average Bonchev–Trinajstić information content (AvgIpc) is 3.78. The Balaban J connectivity index is 4.30. The molecule has 0 saturated carbocycles. The molecule has 0 rings (SSSR count). The lowest BCUT2D eigenvalue weighted by Crippen LogP contribution is -2.43. The van der Waals surface area contributed by atoms with Crippen LogP contribution in [0.25, 0.3) is 0 Å². The minimum Gasteiger partial charge on any atom is -0.462 e. The van der Waals surface area contributed by atoms with Crippen molar-refractivity contribution in [2.45, 2.75) is 309 Å². The van der Waals surface area contributed by atoms with Crippen LogP contribution in [-0.4, -0.2) is 175 Å². The molecule has 0 heterocycles. The molecule has 0 bridgehead atoms. The Kier molecular flexibility index (Phi) is 71.7. The van der Waals surface area contributed by atoms with Crippen molar-refractivity contribution in [3.63, 3.8) is 0 Å². The number of unbranched alkanes of at least 4 members (excludes halogenated alkanes) is 32. The van der Waals surface area contributed by atoms with Crippen molar-refractivity contribution >= 4 is 67.5 Å². The molecule has 0 aliphatic rings. The number of hydrogen-bond acceptors (Lipinski definition) is 21. The normalized spacial score (nSPS) is 12.7. The highest BCUT2D eigenvalue weighted by Crippen LogP contribution is 2.23. The summed E-state index contributed by atoms with van der Waals surface area (Å²) in [7, 11) is -2.75. The Morgan fingerprint density at radius 2 is 0.583 bits per heavy atom. The molecule has 96 heavy (non-hydrogen) atoms. The van der Waals surface area contributed by atoms with Crippen LogP contribution in [-0.2, 0) is 80.3 Å². The molecule has 6 N–H and O–H groups in total. The summed E-state index contributed by atoms with van der Waals surface area (Å²) < 4.78 is 67.3. The number of carbonyl (C=O) groups excluding carboxylic acids is 6.